The molecule has 1 aromatic heterocycles. The van der Waals surface area contributed by atoms with Crippen molar-refractivity contribution < 1.29 is 9.59 Å². The van der Waals surface area contributed by atoms with Gasteiger partial charge < -0.3 is 16.0 Å². The van der Waals surface area contributed by atoms with Crippen LogP contribution in [0.2, 0.25) is 5.02 Å². The van der Waals surface area contributed by atoms with Crippen LogP contribution in [0.1, 0.15) is 29.6 Å². The van der Waals surface area contributed by atoms with Crippen LogP contribution in [0.5, 0.6) is 0 Å². The molecule has 9 heteroatoms. The standard InChI is InChI=1S/C20H21ClN4O2.2ClH/c21-17-10-13(24-19(27)16-11-20(16)5-8-22-9-6-20)3-4-15(17)18(26)25-14-2-1-7-23-12-14;;/h1-4,7,10,12,16,22H,5-6,8-9,11H2,(H,24,27)(H,25,26);2*1H. The highest BCUT2D eigenvalue weighted by Crippen LogP contribution is 2.58. The fraction of sp³-hybridized carbons (Fsp3) is 0.350. The second-order valence-corrected chi connectivity index (χ2v) is 7.66. The molecule has 1 saturated heterocycles. The number of pyridine rings is 1. The van der Waals surface area contributed by atoms with Crippen molar-refractivity contribution in [2.75, 3.05) is 23.7 Å². The molecule has 1 spiro atoms. The molecule has 1 saturated carbocycles. The Hall–Kier alpha value is -1.86. The summed E-state index contributed by atoms with van der Waals surface area (Å²) in [5.41, 5.74) is 1.73. The molecule has 1 unspecified atom stereocenters. The summed E-state index contributed by atoms with van der Waals surface area (Å²) in [6, 6.07) is 8.44. The molecular weight excluding hydrogens is 435 g/mol. The lowest BCUT2D eigenvalue weighted by Crippen LogP contribution is -2.31. The van der Waals surface area contributed by atoms with E-state index >= 15 is 0 Å². The SMILES string of the molecule is Cl.Cl.O=C(Nc1cccnc1)c1ccc(NC(=O)C2CC23CCNCC3)cc1Cl. The molecule has 2 amide bonds. The Morgan fingerprint density at radius 1 is 1.10 bits per heavy atom. The molecule has 4 rings (SSSR count). The molecule has 29 heavy (non-hydrogen) atoms. The van der Waals surface area contributed by atoms with Gasteiger partial charge in [-0.25, -0.2) is 0 Å². The number of amides is 2. The first-order valence-electron chi connectivity index (χ1n) is 9.10. The molecule has 6 nitrogen and oxygen atoms in total. The fourth-order valence-corrected chi connectivity index (χ4v) is 4.10. The number of carbonyl (C=O) groups excluding carboxylic acids is 2. The van der Waals surface area contributed by atoms with E-state index in [9.17, 15) is 9.59 Å². The predicted molar refractivity (Wildman–Crippen MR) is 119 cm³/mol. The predicted octanol–water partition coefficient (Wildman–Crippen LogP) is 4.16. The lowest BCUT2D eigenvalue weighted by atomic mass is 9.92. The Morgan fingerprint density at radius 3 is 2.52 bits per heavy atom. The first-order valence-corrected chi connectivity index (χ1v) is 9.48. The van der Waals surface area contributed by atoms with Gasteiger partial charge in [0.25, 0.3) is 5.91 Å². The van der Waals surface area contributed by atoms with Crippen LogP contribution in [-0.2, 0) is 4.79 Å². The van der Waals surface area contributed by atoms with E-state index < -0.39 is 0 Å². The number of nitrogens with zero attached hydrogens (tertiary/aromatic N) is 1. The molecule has 2 fully saturated rings. The van der Waals surface area contributed by atoms with Crippen LogP contribution in [0.4, 0.5) is 11.4 Å². The van der Waals surface area contributed by atoms with E-state index in [1.807, 2.05) is 0 Å². The highest BCUT2D eigenvalue weighted by Gasteiger charge is 2.57. The number of carbonyl (C=O) groups is 2. The molecule has 2 aromatic rings. The Balaban J connectivity index is 0.00000150. The Bertz CT molecular complexity index is 873. The normalized spacial score (nSPS) is 18.7. The van der Waals surface area contributed by atoms with E-state index in [1.165, 1.54) is 0 Å². The van der Waals surface area contributed by atoms with Crippen molar-refractivity contribution >= 4 is 59.6 Å². The quantitative estimate of drug-likeness (QED) is 0.644. The molecular formula is C20H23Cl3N4O2. The van der Waals surface area contributed by atoms with Crippen molar-refractivity contribution in [1.29, 1.82) is 0 Å². The minimum Gasteiger partial charge on any atom is -0.326 e. The van der Waals surface area contributed by atoms with E-state index in [-0.39, 0.29) is 48.0 Å². The van der Waals surface area contributed by atoms with Crippen molar-refractivity contribution in [3.63, 3.8) is 0 Å². The summed E-state index contributed by atoms with van der Waals surface area (Å²) in [5, 5.41) is 9.33. The average Bonchev–Trinajstić information content (AvgIpc) is 3.36. The van der Waals surface area contributed by atoms with Gasteiger partial charge in [0.2, 0.25) is 5.91 Å². The highest BCUT2D eigenvalue weighted by molar-refractivity contribution is 6.34. The van der Waals surface area contributed by atoms with Gasteiger partial charge in [-0.3, -0.25) is 14.6 Å². The molecule has 1 atom stereocenters. The molecule has 1 aliphatic heterocycles. The topological polar surface area (TPSA) is 83.1 Å². The number of aromatic nitrogens is 1. The largest absolute Gasteiger partial charge is 0.326 e. The van der Waals surface area contributed by atoms with Gasteiger partial charge in [0.1, 0.15) is 0 Å². The van der Waals surface area contributed by atoms with Crippen LogP contribution in [0.3, 0.4) is 0 Å². The third-order valence-corrected chi connectivity index (χ3v) is 5.82. The van der Waals surface area contributed by atoms with E-state index in [4.69, 9.17) is 11.6 Å². The summed E-state index contributed by atoms with van der Waals surface area (Å²) in [6.07, 6.45) is 6.26. The Morgan fingerprint density at radius 2 is 1.86 bits per heavy atom. The highest BCUT2D eigenvalue weighted by atomic mass is 35.5. The summed E-state index contributed by atoms with van der Waals surface area (Å²) in [5.74, 6) is -0.200. The van der Waals surface area contributed by atoms with Gasteiger partial charge in [-0.2, -0.15) is 0 Å². The van der Waals surface area contributed by atoms with Gasteiger partial charge in [0, 0.05) is 17.8 Å². The minimum absolute atomic E-state index is 0. The number of rotatable bonds is 4. The van der Waals surface area contributed by atoms with Crippen LogP contribution in [0.15, 0.2) is 42.7 Å². The lowest BCUT2D eigenvalue weighted by Gasteiger charge is -2.23. The number of benzene rings is 1. The van der Waals surface area contributed by atoms with Gasteiger partial charge in [-0.05, 0) is 68.1 Å². The maximum absolute atomic E-state index is 12.6. The molecule has 1 aromatic carbocycles. The Labute approximate surface area is 187 Å². The third-order valence-electron chi connectivity index (χ3n) is 5.51. The van der Waals surface area contributed by atoms with Crippen molar-refractivity contribution in [1.82, 2.24) is 10.3 Å². The minimum atomic E-state index is -0.318. The second-order valence-electron chi connectivity index (χ2n) is 7.25. The number of hydrogen-bond acceptors (Lipinski definition) is 4. The fourth-order valence-electron chi connectivity index (χ4n) is 3.84. The van der Waals surface area contributed by atoms with Crippen LogP contribution in [0, 0.1) is 11.3 Å². The first kappa shape index (κ1) is 23.4. The average molecular weight is 458 g/mol. The third kappa shape index (κ3) is 5.20. The summed E-state index contributed by atoms with van der Waals surface area (Å²) in [4.78, 5) is 28.9. The van der Waals surface area contributed by atoms with Crippen LogP contribution in [-0.4, -0.2) is 29.9 Å². The molecule has 0 radical (unpaired) electrons. The molecule has 1 aliphatic carbocycles. The van der Waals surface area contributed by atoms with Gasteiger partial charge in [0.05, 0.1) is 22.5 Å². The zero-order valence-corrected chi connectivity index (χ0v) is 18.0. The van der Waals surface area contributed by atoms with Crippen molar-refractivity contribution in [3.8, 4) is 0 Å². The van der Waals surface area contributed by atoms with Gasteiger partial charge in [0.15, 0.2) is 0 Å². The Kier molecular flexibility index (Phi) is 7.88. The summed E-state index contributed by atoms with van der Waals surface area (Å²) in [6.45, 7) is 1.96. The maximum Gasteiger partial charge on any atom is 0.257 e. The molecule has 3 N–H and O–H groups in total. The summed E-state index contributed by atoms with van der Waals surface area (Å²) in [7, 11) is 0. The van der Waals surface area contributed by atoms with Gasteiger partial charge in [-0.15, -0.1) is 24.8 Å². The zero-order valence-electron chi connectivity index (χ0n) is 15.6. The zero-order chi connectivity index (χ0) is 18.9. The maximum atomic E-state index is 12.6. The number of piperidine rings is 1. The monoisotopic (exact) mass is 456 g/mol. The smallest absolute Gasteiger partial charge is 0.257 e. The van der Waals surface area contributed by atoms with Gasteiger partial charge >= 0.3 is 0 Å². The lowest BCUT2D eigenvalue weighted by molar-refractivity contribution is -0.118. The number of halogens is 3. The van der Waals surface area contributed by atoms with Crippen LogP contribution in [0.25, 0.3) is 0 Å². The van der Waals surface area contributed by atoms with E-state index in [0.29, 0.717) is 22.0 Å². The molecule has 2 aliphatic rings. The first-order chi connectivity index (χ1) is 13.1. The van der Waals surface area contributed by atoms with E-state index in [2.05, 4.69) is 20.9 Å². The molecule has 2 heterocycles. The number of hydrogen-bond donors (Lipinski definition) is 3. The number of anilines is 2. The summed E-state index contributed by atoms with van der Waals surface area (Å²) < 4.78 is 0. The van der Waals surface area contributed by atoms with Gasteiger partial charge in [-0.1, -0.05) is 11.6 Å². The van der Waals surface area contributed by atoms with Crippen molar-refractivity contribution in [2.24, 2.45) is 11.3 Å². The van der Waals surface area contributed by atoms with E-state index in [1.54, 1.807) is 42.7 Å². The van der Waals surface area contributed by atoms with Crippen molar-refractivity contribution in [2.45, 2.75) is 19.3 Å². The van der Waals surface area contributed by atoms with Crippen LogP contribution < -0.4 is 16.0 Å². The number of nitrogens with one attached hydrogen (secondary N) is 3. The summed E-state index contributed by atoms with van der Waals surface area (Å²) >= 11 is 6.28. The van der Waals surface area contributed by atoms with Crippen molar-refractivity contribution in [3.05, 3.63) is 53.3 Å². The molecule has 0 bridgehead atoms. The van der Waals surface area contributed by atoms with Crippen LogP contribution >= 0.6 is 36.4 Å². The van der Waals surface area contributed by atoms with E-state index in [0.717, 1.165) is 32.4 Å². The molecule has 156 valence electrons. The second kappa shape index (κ2) is 9.76.